The first-order valence-electron chi connectivity index (χ1n) is 3.81. The van der Waals surface area contributed by atoms with Crippen LogP contribution in [0, 0.1) is 0 Å². The van der Waals surface area contributed by atoms with E-state index in [9.17, 15) is 4.39 Å². The molecule has 1 saturated heterocycles. The molecule has 1 heterocycles. The Hall–Kier alpha value is -0.150. The molecule has 1 aliphatic rings. The van der Waals surface area contributed by atoms with Gasteiger partial charge in [-0.1, -0.05) is 13.8 Å². The molecule has 0 amide bonds. The van der Waals surface area contributed by atoms with Crippen LogP contribution in [-0.2, 0) is 0 Å². The van der Waals surface area contributed by atoms with Gasteiger partial charge in [0, 0.05) is 19.1 Å². The molecule has 2 atom stereocenters. The minimum absolute atomic E-state index is 0.0278. The van der Waals surface area contributed by atoms with Crippen molar-refractivity contribution in [3.63, 3.8) is 0 Å². The van der Waals surface area contributed by atoms with Gasteiger partial charge < -0.3 is 10.6 Å². The highest BCUT2D eigenvalue weighted by atomic mass is 19.1. The van der Waals surface area contributed by atoms with E-state index in [0.717, 1.165) is 6.54 Å². The molecule has 1 rings (SSSR count). The second-order valence-electron chi connectivity index (χ2n) is 3.10. The zero-order chi connectivity index (χ0) is 7.56. The molecule has 0 aromatic heterocycles. The lowest BCUT2D eigenvalue weighted by atomic mass is 10.2. The summed E-state index contributed by atoms with van der Waals surface area (Å²) in [5, 5.41) is 6.14. The maximum atomic E-state index is 12.8. The summed E-state index contributed by atoms with van der Waals surface area (Å²) in [4.78, 5) is 0. The predicted molar refractivity (Wildman–Crippen MR) is 39.8 cm³/mol. The maximum absolute atomic E-state index is 12.8. The Morgan fingerprint density at radius 3 is 2.60 bits per heavy atom. The van der Waals surface area contributed by atoms with Crippen molar-refractivity contribution in [3.05, 3.63) is 0 Å². The third-order valence-electron chi connectivity index (χ3n) is 1.69. The van der Waals surface area contributed by atoms with Gasteiger partial charge in [0.15, 0.2) is 0 Å². The van der Waals surface area contributed by atoms with Crippen LogP contribution in [0.2, 0.25) is 0 Å². The van der Waals surface area contributed by atoms with Crippen molar-refractivity contribution in [2.75, 3.05) is 13.1 Å². The first-order valence-corrected chi connectivity index (χ1v) is 3.81. The van der Waals surface area contributed by atoms with Crippen molar-refractivity contribution in [1.82, 2.24) is 10.6 Å². The smallest absolute Gasteiger partial charge is 0.129 e. The van der Waals surface area contributed by atoms with Crippen molar-refractivity contribution in [2.24, 2.45) is 0 Å². The molecular formula is C7H15FN2. The van der Waals surface area contributed by atoms with Gasteiger partial charge in [0.05, 0.1) is 6.04 Å². The topological polar surface area (TPSA) is 24.1 Å². The highest BCUT2D eigenvalue weighted by Gasteiger charge is 2.26. The first kappa shape index (κ1) is 7.95. The first-order chi connectivity index (χ1) is 4.70. The highest BCUT2D eigenvalue weighted by molar-refractivity contribution is 4.87. The lowest BCUT2D eigenvalue weighted by Gasteiger charge is -2.16. The number of rotatable bonds is 2. The van der Waals surface area contributed by atoms with Crippen LogP contribution in [0.15, 0.2) is 0 Å². The van der Waals surface area contributed by atoms with E-state index in [-0.39, 0.29) is 6.04 Å². The summed E-state index contributed by atoms with van der Waals surface area (Å²) in [7, 11) is 0. The van der Waals surface area contributed by atoms with E-state index < -0.39 is 6.17 Å². The zero-order valence-electron chi connectivity index (χ0n) is 6.52. The van der Waals surface area contributed by atoms with Gasteiger partial charge in [0.2, 0.25) is 0 Å². The molecule has 2 unspecified atom stereocenters. The Labute approximate surface area is 61.2 Å². The van der Waals surface area contributed by atoms with Crippen LogP contribution in [0.25, 0.3) is 0 Å². The summed E-state index contributed by atoms with van der Waals surface area (Å²) in [5.41, 5.74) is 0. The minimum atomic E-state index is -0.706. The Balaban J connectivity index is 2.26. The van der Waals surface area contributed by atoms with Crippen LogP contribution in [0.3, 0.4) is 0 Å². The number of hydrogen-bond donors (Lipinski definition) is 2. The van der Waals surface area contributed by atoms with Crippen LogP contribution in [0.1, 0.15) is 13.8 Å². The quantitative estimate of drug-likeness (QED) is 0.585. The van der Waals surface area contributed by atoms with E-state index in [2.05, 4.69) is 10.6 Å². The lowest BCUT2D eigenvalue weighted by molar-refractivity contribution is 0.288. The van der Waals surface area contributed by atoms with Crippen molar-refractivity contribution in [3.8, 4) is 0 Å². The summed E-state index contributed by atoms with van der Waals surface area (Å²) in [6, 6.07) is 0.406. The monoisotopic (exact) mass is 146 g/mol. The molecule has 0 aromatic rings. The zero-order valence-corrected chi connectivity index (χ0v) is 6.52. The molecule has 2 nitrogen and oxygen atoms in total. The Bertz CT molecular complexity index is 106. The Morgan fingerprint density at radius 1 is 1.50 bits per heavy atom. The summed E-state index contributed by atoms with van der Waals surface area (Å²) in [6.45, 7) is 5.33. The molecule has 10 heavy (non-hydrogen) atoms. The average Bonchev–Trinajstić information content (AvgIpc) is 2.15. The standard InChI is InChI=1S/C7H15FN2/c1-5(2)10-7-4-9-3-6(7)8/h5-7,9-10H,3-4H2,1-2H3. The molecule has 60 valence electrons. The number of hydrogen-bond acceptors (Lipinski definition) is 2. The average molecular weight is 146 g/mol. The number of halogens is 1. The maximum Gasteiger partial charge on any atom is 0.129 e. The fourth-order valence-corrected chi connectivity index (χ4v) is 1.24. The SMILES string of the molecule is CC(C)NC1CNCC1F. The van der Waals surface area contributed by atoms with Crippen LogP contribution < -0.4 is 10.6 Å². The highest BCUT2D eigenvalue weighted by Crippen LogP contribution is 2.04. The van der Waals surface area contributed by atoms with Crippen LogP contribution >= 0.6 is 0 Å². The molecule has 2 N–H and O–H groups in total. The molecule has 0 spiro atoms. The van der Waals surface area contributed by atoms with Crippen LogP contribution in [0.4, 0.5) is 4.39 Å². The van der Waals surface area contributed by atoms with Crippen molar-refractivity contribution >= 4 is 0 Å². The van der Waals surface area contributed by atoms with Gasteiger partial charge >= 0.3 is 0 Å². The molecule has 1 fully saturated rings. The third-order valence-corrected chi connectivity index (χ3v) is 1.69. The van der Waals surface area contributed by atoms with Crippen molar-refractivity contribution in [2.45, 2.75) is 32.1 Å². The second-order valence-corrected chi connectivity index (χ2v) is 3.10. The minimum Gasteiger partial charge on any atom is -0.312 e. The van der Waals surface area contributed by atoms with Gasteiger partial charge in [0.1, 0.15) is 6.17 Å². The number of alkyl halides is 1. The Kier molecular flexibility index (Phi) is 2.63. The summed E-state index contributed by atoms with van der Waals surface area (Å²) >= 11 is 0. The van der Waals surface area contributed by atoms with E-state index in [1.165, 1.54) is 0 Å². The lowest BCUT2D eigenvalue weighted by Crippen LogP contribution is -2.41. The van der Waals surface area contributed by atoms with Gasteiger partial charge in [-0.2, -0.15) is 0 Å². The largest absolute Gasteiger partial charge is 0.312 e. The number of nitrogens with one attached hydrogen (secondary N) is 2. The molecule has 0 aliphatic carbocycles. The van der Waals surface area contributed by atoms with E-state index in [1.54, 1.807) is 0 Å². The van der Waals surface area contributed by atoms with Crippen molar-refractivity contribution < 1.29 is 4.39 Å². The molecular weight excluding hydrogens is 131 g/mol. The normalized spacial score (nSPS) is 33.6. The van der Waals surface area contributed by atoms with Gasteiger partial charge in [-0.05, 0) is 0 Å². The third kappa shape index (κ3) is 1.92. The van der Waals surface area contributed by atoms with Gasteiger partial charge in [0.25, 0.3) is 0 Å². The molecule has 0 saturated carbocycles. The van der Waals surface area contributed by atoms with Crippen LogP contribution in [-0.4, -0.2) is 31.3 Å². The molecule has 1 aliphatic heterocycles. The fourth-order valence-electron chi connectivity index (χ4n) is 1.24. The van der Waals surface area contributed by atoms with E-state index in [4.69, 9.17) is 0 Å². The molecule has 0 aromatic carbocycles. The van der Waals surface area contributed by atoms with Crippen molar-refractivity contribution in [1.29, 1.82) is 0 Å². The Morgan fingerprint density at radius 2 is 2.20 bits per heavy atom. The molecule has 0 radical (unpaired) electrons. The molecule has 0 bridgehead atoms. The summed E-state index contributed by atoms with van der Waals surface area (Å²) < 4.78 is 12.8. The van der Waals surface area contributed by atoms with Crippen LogP contribution in [0.5, 0.6) is 0 Å². The van der Waals surface area contributed by atoms with Gasteiger partial charge in [-0.25, -0.2) is 4.39 Å². The summed E-state index contributed by atoms with van der Waals surface area (Å²) in [6.07, 6.45) is -0.706. The second kappa shape index (κ2) is 3.30. The summed E-state index contributed by atoms with van der Waals surface area (Å²) in [5.74, 6) is 0. The van der Waals surface area contributed by atoms with E-state index in [0.29, 0.717) is 12.6 Å². The van der Waals surface area contributed by atoms with Gasteiger partial charge in [-0.3, -0.25) is 0 Å². The van der Waals surface area contributed by atoms with E-state index in [1.807, 2.05) is 13.8 Å². The predicted octanol–water partition coefficient (Wildman–Crippen LogP) is 0.294. The van der Waals surface area contributed by atoms with E-state index >= 15 is 0 Å². The molecule has 3 heteroatoms. The van der Waals surface area contributed by atoms with Gasteiger partial charge in [-0.15, -0.1) is 0 Å². The fraction of sp³-hybridized carbons (Fsp3) is 1.00.